The zero-order valence-electron chi connectivity index (χ0n) is 18.5. The first-order valence-electron chi connectivity index (χ1n) is 9.97. The minimum Gasteiger partial charge on any atom is -0.497 e. The van der Waals surface area contributed by atoms with E-state index < -0.39 is 17.9 Å². The standard InChI is InChI=1S/C23H26N2O7/c1-29-14-5-7-16(20(11-14)31-3)18-13-19(25(24-18)22(26)9-10-23(27)28)17-8-6-15(30-2)12-21(17)32-4/h5-8,11-12,19H,9-10,13H2,1-4H3,(H,27,28). The van der Waals surface area contributed by atoms with Crippen LogP contribution in [0.25, 0.3) is 0 Å². The number of carbonyl (C=O) groups is 2. The minimum atomic E-state index is -1.04. The summed E-state index contributed by atoms with van der Waals surface area (Å²) < 4.78 is 21.6. The highest BCUT2D eigenvalue weighted by atomic mass is 16.5. The van der Waals surface area contributed by atoms with Gasteiger partial charge in [-0.2, -0.15) is 5.10 Å². The van der Waals surface area contributed by atoms with Crippen LogP contribution in [0.4, 0.5) is 0 Å². The van der Waals surface area contributed by atoms with E-state index in [9.17, 15) is 9.59 Å². The number of hydrogen-bond donors (Lipinski definition) is 1. The Labute approximate surface area is 186 Å². The zero-order chi connectivity index (χ0) is 23.3. The molecule has 0 aliphatic carbocycles. The first-order chi connectivity index (χ1) is 15.4. The van der Waals surface area contributed by atoms with Crippen LogP contribution in [0.5, 0.6) is 23.0 Å². The summed E-state index contributed by atoms with van der Waals surface area (Å²) in [7, 11) is 6.21. The van der Waals surface area contributed by atoms with Gasteiger partial charge in [-0.25, -0.2) is 5.01 Å². The van der Waals surface area contributed by atoms with Gasteiger partial charge < -0.3 is 24.1 Å². The van der Waals surface area contributed by atoms with Crippen LogP contribution in [0.3, 0.4) is 0 Å². The molecule has 0 saturated heterocycles. The molecule has 1 N–H and O–H groups in total. The van der Waals surface area contributed by atoms with Crippen molar-refractivity contribution in [1.29, 1.82) is 0 Å². The molecule has 9 heteroatoms. The van der Waals surface area contributed by atoms with E-state index in [-0.39, 0.29) is 12.8 Å². The van der Waals surface area contributed by atoms with E-state index >= 15 is 0 Å². The molecule has 0 fully saturated rings. The lowest BCUT2D eigenvalue weighted by Crippen LogP contribution is -2.27. The monoisotopic (exact) mass is 442 g/mol. The Kier molecular flexibility index (Phi) is 7.19. The average molecular weight is 442 g/mol. The average Bonchev–Trinajstić information content (AvgIpc) is 3.26. The summed E-state index contributed by atoms with van der Waals surface area (Å²) in [4.78, 5) is 23.9. The second-order valence-electron chi connectivity index (χ2n) is 7.07. The van der Waals surface area contributed by atoms with Crippen molar-refractivity contribution in [2.45, 2.75) is 25.3 Å². The normalized spacial score (nSPS) is 15.2. The molecule has 3 rings (SSSR count). The van der Waals surface area contributed by atoms with Gasteiger partial charge >= 0.3 is 5.97 Å². The molecule has 1 aliphatic heterocycles. The Morgan fingerprint density at radius 2 is 1.56 bits per heavy atom. The lowest BCUT2D eigenvalue weighted by atomic mass is 9.96. The first kappa shape index (κ1) is 22.9. The predicted octanol–water partition coefficient (Wildman–Crippen LogP) is 3.26. The van der Waals surface area contributed by atoms with Gasteiger partial charge in [0.25, 0.3) is 0 Å². The van der Waals surface area contributed by atoms with E-state index in [1.807, 2.05) is 12.1 Å². The SMILES string of the molecule is COc1ccc(C2=NN(C(=O)CCC(=O)O)C(c3ccc(OC)cc3OC)C2)c(OC)c1. The molecule has 2 aromatic rings. The van der Waals surface area contributed by atoms with Gasteiger partial charge in [-0.15, -0.1) is 0 Å². The highest BCUT2D eigenvalue weighted by Crippen LogP contribution is 2.40. The van der Waals surface area contributed by atoms with Gasteiger partial charge in [-0.1, -0.05) is 0 Å². The largest absolute Gasteiger partial charge is 0.497 e. The van der Waals surface area contributed by atoms with Crippen LogP contribution in [0.1, 0.15) is 36.4 Å². The Balaban J connectivity index is 2.03. The van der Waals surface area contributed by atoms with E-state index in [0.29, 0.717) is 35.1 Å². The molecule has 0 saturated carbocycles. The van der Waals surface area contributed by atoms with E-state index in [4.69, 9.17) is 24.1 Å². The number of methoxy groups -OCH3 is 4. The topological polar surface area (TPSA) is 107 Å². The van der Waals surface area contributed by atoms with Gasteiger partial charge in [-0.3, -0.25) is 9.59 Å². The molecule has 1 unspecified atom stereocenters. The molecule has 1 heterocycles. The second kappa shape index (κ2) is 10.0. The number of amides is 1. The fraction of sp³-hybridized carbons (Fsp3) is 0.348. The van der Waals surface area contributed by atoms with E-state index in [1.54, 1.807) is 45.6 Å². The number of rotatable bonds is 9. The molecule has 9 nitrogen and oxygen atoms in total. The number of aliphatic carboxylic acids is 1. The summed E-state index contributed by atoms with van der Waals surface area (Å²) in [5.74, 6) is 0.916. The van der Waals surface area contributed by atoms with Crippen LogP contribution in [0, 0.1) is 0 Å². The molecule has 1 atom stereocenters. The van der Waals surface area contributed by atoms with Gasteiger partial charge in [-0.05, 0) is 24.3 Å². The molecule has 0 bridgehead atoms. The number of hydrazone groups is 1. The minimum absolute atomic E-state index is 0.166. The maximum Gasteiger partial charge on any atom is 0.303 e. The highest BCUT2D eigenvalue weighted by molar-refractivity contribution is 6.05. The van der Waals surface area contributed by atoms with Crippen LogP contribution < -0.4 is 18.9 Å². The number of carboxylic acids is 1. The fourth-order valence-electron chi connectivity index (χ4n) is 3.60. The molecular formula is C23H26N2O7. The smallest absolute Gasteiger partial charge is 0.303 e. The summed E-state index contributed by atoms with van der Waals surface area (Å²) >= 11 is 0. The van der Waals surface area contributed by atoms with Crippen LogP contribution in [0.15, 0.2) is 41.5 Å². The second-order valence-corrected chi connectivity index (χ2v) is 7.07. The van der Waals surface area contributed by atoms with Crippen molar-refractivity contribution in [1.82, 2.24) is 5.01 Å². The lowest BCUT2D eigenvalue weighted by Gasteiger charge is -2.23. The molecule has 1 amide bonds. The first-order valence-corrected chi connectivity index (χ1v) is 9.97. The third-order valence-corrected chi connectivity index (χ3v) is 5.24. The molecule has 0 radical (unpaired) electrons. The van der Waals surface area contributed by atoms with E-state index in [1.165, 1.54) is 12.1 Å². The Morgan fingerprint density at radius 1 is 0.938 bits per heavy atom. The Morgan fingerprint density at radius 3 is 2.16 bits per heavy atom. The van der Waals surface area contributed by atoms with Crippen LogP contribution in [-0.2, 0) is 9.59 Å². The number of carboxylic acid groups (broad SMARTS) is 1. The molecule has 32 heavy (non-hydrogen) atoms. The van der Waals surface area contributed by atoms with Crippen molar-refractivity contribution < 1.29 is 33.6 Å². The summed E-state index contributed by atoms with van der Waals surface area (Å²) in [5.41, 5.74) is 2.10. The molecule has 2 aromatic carbocycles. The number of hydrogen-bond acceptors (Lipinski definition) is 7. The third kappa shape index (κ3) is 4.77. The maximum atomic E-state index is 12.9. The molecular weight excluding hydrogens is 416 g/mol. The predicted molar refractivity (Wildman–Crippen MR) is 117 cm³/mol. The lowest BCUT2D eigenvalue weighted by molar-refractivity contribution is -0.141. The zero-order valence-corrected chi connectivity index (χ0v) is 18.5. The number of nitrogens with zero attached hydrogens (tertiary/aromatic N) is 2. The van der Waals surface area contributed by atoms with Crippen molar-refractivity contribution in [2.24, 2.45) is 5.10 Å². The van der Waals surface area contributed by atoms with Crippen molar-refractivity contribution in [3.05, 3.63) is 47.5 Å². The number of benzene rings is 2. The van der Waals surface area contributed by atoms with Gasteiger partial charge in [0.15, 0.2) is 0 Å². The van der Waals surface area contributed by atoms with Crippen molar-refractivity contribution in [2.75, 3.05) is 28.4 Å². The van der Waals surface area contributed by atoms with Crippen molar-refractivity contribution >= 4 is 17.6 Å². The maximum absolute atomic E-state index is 12.9. The third-order valence-electron chi connectivity index (χ3n) is 5.24. The Hall–Kier alpha value is -3.75. The molecule has 170 valence electrons. The van der Waals surface area contributed by atoms with Crippen LogP contribution in [0.2, 0.25) is 0 Å². The van der Waals surface area contributed by atoms with Crippen molar-refractivity contribution in [3.8, 4) is 23.0 Å². The number of carbonyl (C=O) groups excluding carboxylic acids is 1. The highest BCUT2D eigenvalue weighted by Gasteiger charge is 2.35. The summed E-state index contributed by atoms with van der Waals surface area (Å²) in [6.07, 6.45) is -0.0521. The number of ether oxygens (including phenoxy) is 4. The summed E-state index contributed by atoms with van der Waals surface area (Å²) in [5, 5.41) is 14.9. The van der Waals surface area contributed by atoms with Crippen molar-refractivity contribution in [3.63, 3.8) is 0 Å². The van der Waals surface area contributed by atoms with Gasteiger partial charge in [0.2, 0.25) is 5.91 Å². The van der Waals surface area contributed by atoms with Crippen LogP contribution >= 0.6 is 0 Å². The molecule has 0 spiro atoms. The fourth-order valence-corrected chi connectivity index (χ4v) is 3.60. The summed E-state index contributed by atoms with van der Waals surface area (Å²) in [6, 6.07) is 10.2. The van der Waals surface area contributed by atoms with Gasteiger partial charge in [0.05, 0.1) is 46.6 Å². The Bertz CT molecular complexity index is 1040. The van der Waals surface area contributed by atoms with Crippen LogP contribution in [-0.4, -0.2) is 56.1 Å². The van der Waals surface area contributed by atoms with Gasteiger partial charge in [0, 0.05) is 36.1 Å². The quantitative estimate of drug-likeness (QED) is 0.635. The molecule has 1 aliphatic rings. The van der Waals surface area contributed by atoms with Gasteiger partial charge in [0.1, 0.15) is 23.0 Å². The molecule has 0 aromatic heterocycles. The summed E-state index contributed by atoms with van der Waals surface area (Å²) in [6.45, 7) is 0. The van der Waals surface area contributed by atoms with E-state index in [2.05, 4.69) is 5.10 Å². The van der Waals surface area contributed by atoms with E-state index in [0.717, 1.165) is 11.1 Å².